The third kappa shape index (κ3) is 3.04. The number of rotatable bonds is 4. The Labute approximate surface area is 101 Å². The Kier molecular flexibility index (Phi) is 3.73. The summed E-state index contributed by atoms with van der Waals surface area (Å²) >= 11 is 0. The predicted octanol–water partition coefficient (Wildman–Crippen LogP) is 2.90. The molecule has 0 fully saturated rings. The number of nitrogens with zero attached hydrogens (tertiary/aromatic N) is 1. The van der Waals surface area contributed by atoms with Gasteiger partial charge >= 0.3 is 0 Å². The van der Waals surface area contributed by atoms with Crippen LogP contribution in [0.1, 0.15) is 18.1 Å². The lowest BCUT2D eigenvalue weighted by atomic mass is 10.2. The van der Waals surface area contributed by atoms with Crippen LogP contribution in [0, 0.1) is 0 Å². The lowest BCUT2D eigenvalue weighted by Gasteiger charge is -2.06. The quantitative estimate of drug-likeness (QED) is 0.875. The van der Waals surface area contributed by atoms with Crippen LogP contribution in [0.5, 0.6) is 11.5 Å². The molecule has 2 aromatic rings. The van der Waals surface area contributed by atoms with Crippen LogP contribution in [0.25, 0.3) is 0 Å². The van der Waals surface area contributed by atoms with E-state index >= 15 is 0 Å². The van der Waals surface area contributed by atoms with E-state index in [1.807, 2.05) is 18.2 Å². The van der Waals surface area contributed by atoms with E-state index in [-0.39, 0.29) is 0 Å². The number of pyridine rings is 1. The van der Waals surface area contributed by atoms with E-state index in [4.69, 9.17) is 10.5 Å². The maximum atomic E-state index is 5.70. The zero-order chi connectivity index (χ0) is 12.1. The van der Waals surface area contributed by atoms with Gasteiger partial charge in [0.05, 0.1) is 6.20 Å². The number of ether oxygens (including phenoxy) is 1. The molecule has 1 aromatic carbocycles. The van der Waals surface area contributed by atoms with Gasteiger partial charge in [-0.05, 0) is 35.7 Å². The topological polar surface area (TPSA) is 48.1 Å². The second-order valence-electron chi connectivity index (χ2n) is 3.83. The fraction of sp³-hybridized carbons (Fsp3) is 0.214. The third-order valence-corrected chi connectivity index (χ3v) is 2.57. The Morgan fingerprint density at radius 3 is 2.47 bits per heavy atom. The molecule has 0 unspecified atom stereocenters. The van der Waals surface area contributed by atoms with Gasteiger partial charge in [0, 0.05) is 12.7 Å². The van der Waals surface area contributed by atoms with Crippen LogP contribution in [-0.4, -0.2) is 4.98 Å². The van der Waals surface area contributed by atoms with Crippen molar-refractivity contribution in [1.82, 2.24) is 4.98 Å². The van der Waals surface area contributed by atoms with Crippen molar-refractivity contribution in [1.29, 1.82) is 0 Å². The molecule has 0 amide bonds. The lowest BCUT2D eigenvalue weighted by molar-refractivity contribution is 0.479. The van der Waals surface area contributed by atoms with E-state index in [1.165, 1.54) is 5.56 Å². The van der Waals surface area contributed by atoms with Crippen LogP contribution in [0.3, 0.4) is 0 Å². The first-order valence-corrected chi connectivity index (χ1v) is 5.72. The number of nitrogens with two attached hydrogens (primary N) is 1. The molecule has 0 atom stereocenters. The first kappa shape index (κ1) is 11.6. The Morgan fingerprint density at radius 1 is 1.06 bits per heavy atom. The average molecular weight is 228 g/mol. The number of aryl methyl sites for hydroxylation is 1. The average Bonchev–Trinajstić information content (AvgIpc) is 2.40. The number of hydrogen-bond donors (Lipinski definition) is 1. The highest BCUT2D eigenvalue weighted by Gasteiger charge is 1.99. The minimum absolute atomic E-state index is 0.471. The monoisotopic (exact) mass is 228 g/mol. The summed E-state index contributed by atoms with van der Waals surface area (Å²) in [5.41, 5.74) is 7.82. The molecule has 2 rings (SSSR count). The van der Waals surface area contributed by atoms with Gasteiger partial charge in [0.25, 0.3) is 0 Å². The van der Waals surface area contributed by atoms with Gasteiger partial charge in [-0.25, -0.2) is 0 Å². The molecule has 0 aliphatic carbocycles. The second-order valence-corrected chi connectivity index (χ2v) is 3.83. The summed E-state index contributed by atoms with van der Waals surface area (Å²) in [6.07, 6.45) is 4.46. The van der Waals surface area contributed by atoms with Crippen molar-refractivity contribution < 1.29 is 4.74 Å². The van der Waals surface area contributed by atoms with Crippen LogP contribution >= 0.6 is 0 Å². The van der Waals surface area contributed by atoms with Crippen molar-refractivity contribution >= 4 is 0 Å². The third-order valence-electron chi connectivity index (χ3n) is 2.57. The fourth-order valence-electron chi connectivity index (χ4n) is 1.56. The van der Waals surface area contributed by atoms with Gasteiger partial charge in [-0.2, -0.15) is 0 Å². The molecule has 0 bridgehead atoms. The molecular weight excluding hydrogens is 212 g/mol. The van der Waals surface area contributed by atoms with Gasteiger partial charge in [-0.3, -0.25) is 4.98 Å². The van der Waals surface area contributed by atoms with Crippen LogP contribution in [0.4, 0.5) is 0 Å². The molecule has 2 N–H and O–H groups in total. The highest BCUT2D eigenvalue weighted by Crippen LogP contribution is 2.21. The number of benzene rings is 1. The zero-order valence-electron chi connectivity index (χ0n) is 9.89. The van der Waals surface area contributed by atoms with Crippen molar-refractivity contribution in [3.05, 3.63) is 53.9 Å². The van der Waals surface area contributed by atoms with Crippen molar-refractivity contribution in [3.8, 4) is 11.5 Å². The summed E-state index contributed by atoms with van der Waals surface area (Å²) < 4.78 is 5.70. The number of hydrogen-bond acceptors (Lipinski definition) is 3. The van der Waals surface area contributed by atoms with E-state index in [9.17, 15) is 0 Å². The Bertz CT molecular complexity index is 480. The summed E-state index contributed by atoms with van der Waals surface area (Å²) in [5, 5.41) is 0. The summed E-state index contributed by atoms with van der Waals surface area (Å²) in [5.74, 6) is 1.54. The normalized spacial score (nSPS) is 10.2. The van der Waals surface area contributed by atoms with Crippen LogP contribution in [0.2, 0.25) is 0 Å². The first-order chi connectivity index (χ1) is 8.31. The zero-order valence-corrected chi connectivity index (χ0v) is 9.89. The van der Waals surface area contributed by atoms with E-state index < -0.39 is 0 Å². The SMILES string of the molecule is CCc1ccc(Oc2cncc(CN)c2)cc1. The molecule has 1 heterocycles. The maximum Gasteiger partial charge on any atom is 0.146 e. The lowest BCUT2D eigenvalue weighted by Crippen LogP contribution is -1.97. The Hall–Kier alpha value is -1.87. The van der Waals surface area contributed by atoms with E-state index in [0.29, 0.717) is 6.54 Å². The molecule has 1 aromatic heterocycles. The maximum absolute atomic E-state index is 5.70. The molecule has 3 nitrogen and oxygen atoms in total. The van der Waals surface area contributed by atoms with E-state index in [2.05, 4.69) is 24.0 Å². The minimum Gasteiger partial charge on any atom is -0.456 e. The smallest absolute Gasteiger partial charge is 0.146 e. The van der Waals surface area contributed by atoms with Gasteiger partial charge in [0.15, 0.2) is 0 Å². The molecule has 17 heavy (non-hydrogen) atoms. The molecule has 0 radical (unpaired) electrons. The Balaban J connectivity index is 2.13. The van der Waals surface area contributed by atoms with Crippen LogP contribution < -0.4 is 10.5 Å². The highest BCUT2D eigenvalue weighted by atomic mass is 16.5. The molecule has 0 saturated heterocycles. The fourth-order valence-corrected chi connectivity index (χ4v) is 1.56. The van der Waals surface area contributed by atoms with Crippen LogP contribution in [0.15, 0.2) is 42.7 Å². The first-order valence-electron chi connectivity index (χ1n) is 5.72. The molecule has 88 valence electrons. The predicted molar refractivity (Wildman–Crippen MR) is 68.0 cm³/mol. The van der Waals surface area contributed by atoms with Crippen LogP contribution in [-0.2, 0) is 13.0 Å². The van der Waals surface area contributed by atoms with Crippen molar-refractivity contribution in [2.45, 2.75) is 19.9 Å². The molecule has 0 spiro atoms. The molecule has 0 aliphatic rings. The van der Waals surface area contributed by atoms with E-state index in [1.54, 1.807) is 12.4 Å². The van der Waals surface area contributed by atoms with E-state index in [0.717, 1.165) is 23.5 Å². The van der Waals surface area contributed by atoms with Gasteiger partial charge in [0.2, 0.25) is 0 Å². The van der Waals surface area contributed by atoms with Crippen molar-refractivity contribution in [2.24, 2.45) is 5.73 Å². The second kappa shape index (κ2) is 5.46. The molecular formula is C14H16N2O. The molecule has 0 saturated carbocycles. The Morgan fingerprint density at radius 2 is 1.82 bits per heavy atom. The van der Waals surface area contributed by atoms with Gasteiger partial charge in [-0.15, -0.1) is 0 Å². The standard InChI is InChI=1S/C14H16N2O/c1-2-11-3-5-13(6-4-11)17-14-7-12(8-15)9-16-10-14/h3-7,9-10H,2,8,15H2,1H3. The van der Waals surface area contributed by atoms with Gasteiger partial charge in [-0.1, -0.05) is 19.1 Å². The highest BCUT2D eigenvalue weighted by molar-refractivity contribution is 5.33. The summed E-state index contributed by atoms with van der Waals surface area (Å²) in [6.45, 7) is 2.60. The summed E-state index contributed by atoms with van der Waals surface area (Å²) in [7, 11) is 0. The van der Waals surface area contributed by atoms with Crippen molar-refractivity contribution in [2.75, 3.05) is 0 Å². The largest absolute Gasteiger partial charge is 0.456 e. The summed E-state index contributed by atoms with van der Waals surface area (Å²) in [4.78, 5) is 4.08. The minimum atomic E-state index is 0.471. The molecule has 0 aliphatic heterocycles. The van der Waals surface area contributed by atoms with Gasteiger partial charge in [0.1, 0.15) is 11.5 Å². The van der Waals surface area contributed by atoms with Crippen molar-refractivity contribution in [3.63, 3.8) is 0 Å². The molecule has 3 heteroatoms. The number of aromatic nitrogens is 1. The van der Waals surface area contributed by atoms with Gasteiger partial charge < -0.3 is 10.5 Å². The summed E-state index contributed by atoms with van der Waals surface area (Å²) in [6, 6.07) is 9.97.